The highest BCUT2D eigenvalue weighted by molar-refractivity contribution is 6.29. The number of amides is 1. The zero-order valence-corrected chi connectivity index (χ0v) is 9.01. The van der Waals surface area contributed by atoms with E-state index in [9.17, 15) is 4.79 Å². The topological polar surface area (TPSA) is 54.9 Å². The van der Waals surface area contributed by atoms with Crippen LogP contribution in [0.4, 0.5) is 5.95 Å². The summed E-state index contributed by atoms with van der Waals surface area (Å²) in [6.45, 7) is 1.77. The molecule has 15 heavy (non-hydrogen) atoms. The molecule has 0 bridgehead atoms. The van der Waals surface area contributed by atoms with Gasteiger partial charge in [-0.3, -0.25) is 10.1 Å². The lowest BCUT2D eigenvalue weighted by molar-refractivity contribution is -0.116. The average molecular weight is 224 g/mol. The van der Waals surface area contributed by atoms with Crippen LogP contribution in [0.2, 0.25) is 5.15 Å². The van der Waals surface area contributed by atoms with Crippen molar-refractivity contribution in [2.45, 2.75) is 19.8 Å². The van der Waals surface area contributed by atoms with E-state index in [1.807, 2.05) is 0 Å². The molecule has 0 atom stereocenters. The largest absolute Gasteiger partial charge is 0.294 e. The second-order valence-corrected chi connectivity index (χ2v) is 3.30. The van der Waals surface area contributed by atoms with Crippen molar-refractivity contribution < 1.29 is 4.79 Å². The molecule has 0 aliphatic rings. The number of carbonyl (C=O) groups excluding carboxylic acids is 1. The first-order chi connectivity index (χ1) is 7.11. The van der Waals surface area contributed by atoms with E-state index in [0.29, 0.717) is 17.3 Å². The second-order valence-electron chi connectivity index (χ2n) is 2.91. The van der Waals surface area contributed by atoms with Crippen LogP contribution >= 0.6 is 11.6 Å². The zero-order valence-electron chi connectivity index (χ0n) is 8.25. The molecule has 0 aliphatic carbocycles. The molecule has 1 rings (SSSR count). The van der Waals surface area contributed by atoms with E-state index in [-0.39, 0.29) is 18.3 Å². The van der Waals surface area contributed by atoms with Crippen molar-refractivity contribution in [2.24, 2.45) is 0 Å². The van der Waals surface area contributed by atoms with Gasteiger partial charge in [0.2, 0.25) is 11.9 Å². The monoisotopic (exact) mass is 223 g/mol. The van der Waals surface area contributed by atoms with Crippen LogP contribution in [-0.4, -0.2) is 15.9 Å². The average Bonchev–Trinajstić information content (AvgIpc) is 2.13. The molecule has 1 N–H and O–H groups in total. The van der Waals surface area contributed by atoms with Gasteiger partial charge in [0.15, 0.2) is 0 Å². The smallest absolute Gasteiger partial charge is 0.231 e. The Morgan fingerprint density at radius 3 is 3.00 bits per heavy atom. The Bertz CT molecular complexity index is 391. The third kappa shape index (κ3) is 3.96. The SMILES string of the molecule is C#CCCC(=O)Nc1nc(C)cc(Cl)n1. The lowest BCUT2D eigenvalue weighted by Gasteiger charge is -2.03. The van der Waals surface area contributed by atoms with Crippen molar-refractivity contribution in [1.29, 1.82) is 0 Å². The fourth-order valence-corrected chi connectivity index (χ4v) is 1.20. The van der Waals surface area contributed by atoms with Gasteiger partial charge < -0.3 is 0 Å². The fourth-order valence-electron chi connectivity index (χ4n) is 0.959. The van der Waals surface area contributed by atoms with Crippen molar-refractivity contribution in [1.82, 2.24) is 9.97 Å². The molecule has 0 saturated carbocycles. The molecule has 0 fully saturated rings. The molecule has 0 aliphatic heterocycles. The van der Waals surface area contributed by atoms with Gasteiger partial charge in [0.25, 0.3) is 0 Å². The third-order valence-electron chi connectivity index (χ3n) is 1.57. The van der Waals surface area contributed by atoms with Crippen LogP contribution in [-0.2, 0) is 4.79 Å². The summed E-state index contributed by atoms with van der Waals surface area (Å²) in [4.78, 5) is 19.1. The molecule has 78 valence electrons. The number of anilines is 1. The van der Waals surface area contributed by atoms with Gasteiger partial charge in [0.05, 0.1) is 0 Å². The van der Waals surface area contributed by atoms with Crippen molar-refractivity contribution in [3.63, 3.8) is 0 Å². The summed E-state index contributed by atoms with van der Waals surface area (Å²) in [7, 11) is 0. The Kier molecular flexibility index (Phi) is 4.07. The van der Waals surface area contributed by atoms with Crippen LogP contribution in [0.15, 0.2) is 6.07 Å². The van der Waals surface area contributed by atoms with Gasteiger partial charge in [-0.1, -0.05) is 11.6 Å². The maximum atomic E-state index is 11.3. The van der Waals surface area contributed by atoms with Crippen molar-refractivity contribution in [3.05, 3.63) is 16.9 Å². The van der Waals surface area contributed by atoms with E-state index in [2.05, 4.69) is 21.2 Å². The molecule has 0 saturated heterocycles. The van der Waals surface area contributed by atoms with E-state index in [4.69, 9.17) is 18.0 Å². The van der Waals surface area contributed by atoms with Gasteiger partial charge in [-0.15, -0.1) is 12.3 Å². The number of nitrogens with one attached hydrogen (secondary N) is 1. The Morgan fingerprint density at radius 2 is 2.40 bits per heavy atom. The number of aryl methyl sites for hydroxylation is 1. The molecule has 4 nitrogen and oxygen atoms in total. The standard InChI is InChI=1S/C10H10ClN3O/c1-3-4-5-9(15)14-10-12-7(2)6-8(11)13-10/h1,6H,4-5H2,2H3,(H,12,13,14,15). The summed E-state index contributed by atoms with van der Waals surface area (Å²) in [6.07, 6.45) is 5.69. The van der Waals surface area contributed by atoms with Crippen LogP contribution in [0.1, 0.15) is 18.5 Å². The second kappa shape index (κ2) is 5.32. The zero-order chi connectivity index (χ0) is 11.3. The molecule has 5 heteroatoms. The molecule has 1 aromatic rings. The first-order valence-electron chi connectivity index (χ1n) is 4.36. The molecule has 1 aromatic heterocycles. The highest BCUT2D eigenvalue weighted by atomic mass is 35.5. The number of hydrogen-bond donors (Lipinski definition) is 1. The molecule has 0 unspecified atom stereocenters. The van der Waals surface area contributed by atoms with E-state index in [0.717, 1.165) is 0 Å². The van der Waals surface area contributed by atoms with Crippen LogP contribution in [0, 0.1) is 19.3 Å². The van der Waals surface area contributed by atoms with E-state index in [1.54, 1.807) is 13.0 Å². The summed E-state index contributed by atoms with van der Waals surface area (Å²) >= 11 is 5.70. The van der Waals surface area contributed by atoms with Crippen LogP contribution in [0.25, 0.3) is 0 Å². The summed E-state index contributed by atoms with van der Waals surface area (Å²) in [6, 6.07) is 1.61. The van der Waals surface area contributed by atoms with Crippen LogP contribution in [0.3, 0.4) is 0 Å². The van der Waals surface area contributed by atoms with Gasteiger partial charge in [-0.05, 0) is 13.0 Å². The Balaban J connectivity index is 2.65. The number of hydrogen-bond acceptors (Lipinski definition) is 3. The maximum Gasteiger partial charge on any atom is 0.231 e. The number of rotatable bonds is 3. The molecule has 0 radical (unpaired) electrons. The lowest BCUT2D eigenvalue weighted by Crippen LogP contribution is -2.13. The van der Waals surface area contributed by atoms with Gasteiger partial charge in [-0.25, -0.2) is 9.97 Å². The third-order valence-corrected chi connectivity index (χ3v) is 1.76. The van der Waals surface area contributed by atoms with E-state index in [1.165, 1.54) is 0 Å². The highest BCUT2D eigenvalue weighted by Gasteiger charge is 2.05. The predicted octanol–water partition coefficient (Wildman–Crippen LogP) is 1.79. The predicted molar refractivity (Wildman–Crippen MR) is 58.5 cm³/mol. The Labute approximate surface area is 93.1 Å². The van der Waals surface area contributed by atoms with Crippen molar-refractivity contribution in [2.75, 3.05) is 5.32 Å². The minimum Gasteiger partial charge on any atom is -0.294 e. The lowest BCUT2D eigenvalue weighted by atomic mass is 10.3. The minimum atomic E-state index is -0.213. The quantitative estimate of drug-likeness (QED) is 0.628. The Morgan fingerprint density at radius 1 is 1.67 bits per heavy atom. The van der Waals surface area contributed by atoms with Gasteiger partial charge in [0.1, 0.15) is 5.15 Å². The number of halogens is 1. The summed E-state index contributed by atoms with van der Waals surface area (Å²) in [5.74, 6) is 2.38. The molecule has 0 aromatic carbocycles. The van der Waals surface area contributed by atoms with Crippen LogP contribution < -0.4 is 5.32 Å². The first-order valence-corrected chi connectivity index (χ1v) is 4.74. The maximum absolute atomic E-state index is 11.3. The first kappa shape index (κ1) is 11.5. The fraction of sp³-hybridized carbons (Fsp3) is 0.300. The normalized spacial score (nSPS) is 9.40. The molecule has 1 heterocycles. The van der Waals surface area contributed by atoms with Crippen molar-refractivity contribution >= 4 is 23.5 Å². The molecular weight excluding hydrogens is 214 g/mol. The summed E-state index contributed by atoms with van der Waals surface area (Å²) in [5.41, 5.74) is 0.697. The summed E-state index contributed by atoms with van der Waals surface area (Å²) in [5, 5.41) is 2.82. The minimum absolute atomic E-state index is 0.210. The summed E-state index contributed by atoms with van der Waals surface area (Å²) < 4.78 is 0. The Hall–Kier alpha value is -1.60. The van der Waals surface area contributed by atoms with E-state index >= 15 is 0 Å². The number of carbonyl (C=O) groups is 1. The molecule has 1 amide bonds. The van der Waals surface area contributed by atoms with Gasteiger partial charge >= 0.3 is 0 Å². The van der Waals surface area contributed by atoms with Crippen LogP contribution in [0.5, 0.6) is 0 Å². The van der Waals surface area contributed by atoms with Gasteiger partial charge in [-0.2, -0.15) is 0 Å². The molecule has 0 spiro atoms. The number of terminal acetylenes is 1. The number of nitrogens with zero attached hydrogens (tertiary/aromatic N) is 2. The van der Waals surface area contributed by atoms with Crippen molar-refractivity contribution in [3.8, 4) is 12.3 Å². The number of aromatic nitrogens is 2. The molecular formula is C10H10ClN3O. The van der Waals surface area contributed by atoms with E-state index < -0.39 is 0 Å². The highest BCUT2D eigenvalue weighted by Crippen LogP contribution is 2.09. The van der Waals surface area contributed by atoms with Gasteiger partial charge in [0, 0.05) is 18.5 Å².